The van der Waals surface area contributed by atoms with Gasteiger partial charge in [0, 0.05) is 31.2 Å². The van der Waals surface area contributed by atoms with E-state index in [0.29, 0.717) is 23.9 Å². The van der Waals surface area contributed by atoms with Crippen molar-refractivity contribution in [3.8, 4) is 5.75 Å². The number of ether oxygens (including phenoxy) is 2. The molecule has 0 aliphatic carbocycles. The van der Waals surface area contributed by atoms with Gasteiger partial charge in [-0.2, -0.15) is 0 Å². The molecule has 1 heterocycles. The molecule has 2 atom stereocenters. The molecular weight excluding hydrogens is 364 g/mol. The van der Waals surface area contributed by atoms with E-state index in [-0.39, 0.29) is 12.0 Å². The molecular formula is C21H25ClN2O3. The fraction of sp³-hybridized carbons (Fsp3) is 0.381. The van der Waals surface area contributed by atoms with E-state index in [1.807, 2.05) is 6.07 Å². The summed E-state index contributed by atoms with van der Waals surface area (Å²) in [7, 11) is 0. The van der Waals surface area contributed by atoms with Crippen molar-refractivity contribution in [2.45, 2.75) is 25.7 Å². The van der Waals surface area contributed by atoms with E-state index in [2.05, 4.69) is 34.5 Å². The molecule has 5 nitrogen and oxygen atoms in total. The third kappa shape index (κ3) is 6.24. The molecule has 0 aromatic heterocycles. The lowest BCUT2D eigenvalue weighted by Crippen LogP contribution is -2.48. The molecule has 0 bridgehead atoms. The van der Waals surface area contributed by atoms with Crippen LogP contribution in [0.4, 0.5) is 0 Å². The van der Waals surface area contributed by atoms with Gasteiger partial charge in [0.2, 0.25) is 0 Å². The molecule has 1 aliphatic heterocycles. The molecule has 0 saturated carbocycles. The fourth-order valence-electron chi connectivity index (χ4n) is 3.02. The van der Waals surface area contributed by atoms with Gasteiger partial charge in [0.1, 0.15) is 5.75 Å². The topological polar surface area (TPSA) is 50.8 Å². The van der Waals surface area contributed by atoms with Crippen LogP contribution >= 0.6 is 11.6 Å². The summed E-state index contributed by atoms with van der Waals surface area (Å²) in [5.74, 6) is 0.457. The summed E-state index contributed by atoms with van der Waals surface area (Å²) in [4.78, 5) is 14.6. The highest BCUT2D eigenvalue weighted by atomic mass is 35.5. The number of nitrogens with one attached hydrogen (secondary N) is 1. The van der Waals surface area contributed by atoms with Crippen LogP contribution in [-0.2, 0) is 16.1 Å². The lowest BCUT2D eigenvalue weighted by atomic mass is 10.2. The minimum absolute atomic E-state index is 0.0193. The first-order chi connectivity index (χ1) is 13.1. The second kappa shape index (κ2) is 9.74. The second-order valence-electron chi connectivity index (χ2n) is 6.67. The fourth-order valence-corrected chi connectivity index (χ4v) is 3.14. The molecule has 1 aliphatic rings. The highest BCUT2D eigenvalue weighted by Gasteiger charge is 2.22. The average molecular weight is 389 g/mol. The number of hydrogen-bond acceptors (Lipinski definition) is 4. The number of morpholine rings is 1. The van der Waals surface area contributed by atoms with Crippen molar-refractivity contribution in [1.82, 2.24) is 10.2 Å². The summed E-state index contributed by atoms with van der Waals surface area (Å²) in [5, 5.41) is 3.56. The lowest BCUT2D eigenvalue weighted by molar-refractivity contribution is -0.128. The lowest BCUT2D eigenvalue weighted by Gasteiger charge is -2.33. The predicted octanol–water partition coefficient (Wildman–Crippen LogP) is 3.12. The third-order valence-electron chi connectivity index (χ3n) is 4.47. The van der Waals surface area contributed by atoms with Gasteiger partial charge >= 0.3 is 0 Å². The van der Waals surface area contributed by atoms with Crippen molar-refractivity contribution in [3.05, 3.63) is 65.2 Å². The highest BCUT2D eigenvalue weighted by Crippen LogP contribution is 2.17. The van der Waals surface area contributed by atoms with Crippen LogP contribution in [0.15, 0.2) is 54.6 Å². The molecule has 2 aromatic rings. The van der Waals surface area contributed by atoms with Crippen LogP contribution < -0.4 is 10.1 Å². The first-order valence-corrected chi connectivity index (χ1v) is 9.56. The maximum absolute atomic E-state index is 12.3. The van der Waals surface area contributed by atoms with Gasteiger partial charge in [-0.25, -0.2) is 0 Å². The number of benzene rings is 2. The Morgan fingerprint density at radius 2 is 2.00 bits per heavy atom. The minimum atomic E-state index is -0.588. The zero-order valence-corrected chi connectivity index (χ0v) is 16.2. The molecule has 1 fully saturated rings. The highest BCUT2D eigenvalue weighted by molar-refractivity contribution is 6.30. The molecule has 1 saturated heterocycles. The molecule has 144 valence electrons. The van der Waals surface area contributed by atoms with E-state index in [9.17, 15) is 4.79 Å². The largest absolute Gasteiger partial charge is 0.481 e. The zero-order valence-electron chi connectivity index (χ0n) is 15.4. The first kappa shape index (κ1) is 19.7. The van der Waals surface area contributed by atoms with Crippen LogP contribution in [0.1, 0.15) is 12.5 Å². The van der Waals surface area contributed by atoms with Gasteiger partial charge in [-0.1, -0.05) is 41.9 Å². The summed E-state index contributed by atoms with van der Waals surface area (Å²) >= 11 is 5.86. The number of hydrogen-bond donors (Lipinski definition) is 1. The van der Waals surface area contributed by atoms with Gasteiger partial charge in [-0.05, 0) is 36.8 Å². The maximum atomic E-state index is 12.3. The van der Waals surface area contributed by atoms with E-state index in [1.165, 1.54) is 5.56 Å². The zero-order chi connectivity index (χ0) is 19.1. The average Bonchev–Trinajstić information content (AvgIpc) is 2.69. The standard InChI is InChI=1S/C21H25ClN2O3/c1-16(27-19-9-7-18(22)8-10-19)21(25)23-13-20-15-24(11-12-26-20)14-17-5-3-2-4-6-17/h2-10,16,20H,11-15H2,1H3,(H,23,25). The van der Waals surface area contributed by atoms with E-state index in [0.717, 1.165) is 19.6 Å². The van der Waals surface area contributed by atoms with Crippen LogP contribution in [0.2, 0.25) is 5.02 Å². The van der Waals surface area contributed by atoms with Crippen molar-refractivity contribution in [1.29, 1.82) is 0 Å². The third-order valence-corrected chi connectivity index (χ3v) is 4.72. The molecule has 1 amide bonds. The van der Waals surface area contributed by atoms with Gasteiger partial charge in [0.15, 0.2) is 6.10 Å². The Labute approximate surface area is 165 Å². The molecule has 6 heteroatoms. The predicted molar refractivity (Wildman–Crippen MR) is 106 cm³/mol. The maximum Gasteiger partial charge on any atom is 0.260 e. The molecule has 27 heavy (non-hydrogen) atoms. The van der Waals surface area contributed by atoms with E-state index >= 15 is 0 Å². The number of rotatable bonds is 7. The molecule has 3 rings (SSSR count). The Bertz CT molecular complexity index is 724. The molecule has 0 spiro atoms. The quantitative estimate of drug-likeness (QED) is 0.791. The summed E-state index contributed by atoms with van der Waals surface area (Å²) in [6.07, 6.45) is -0.607. The summed E-state index contributed by atoms with van der Waals surface area (Å²) < 4.78 is 11.4. The monoisotopic (exact) mass is 388 g/mol. The number of halogens is 1. The Hall–Kier alpha value is -2.08. The Morgan fingerprint density at radius 3 is 2.74 bits per heavy atom. The number of carbonyl (C=O) groups excluding carboxylic acids is 1. The van der Waals surface area contributed by atoms with E-state index < -0.39 is 6.10 Å². The number of carbonyl (C=O) groups is 1. The summed E-state index contributed by atoms with van der Waals surface area (Å²) in [5.41, 5.74) is 1.28. The van der Waals surface area contributed by atoms with Gasteiger partial charge in [0.05, 0.1) is 12.7 Å². The smallest absolute Gasteiger partial charge is 0.260 e. The van der Waals surface area contributed by atoms with Gasteiger partial charge in [-0.3, -0.25) is 9.69 Å². The Kier molecular flexibility index (Phi) is 7.10. The van der Waals surface area contributed by atoms with E-state index in [4.69, 9.17) is 21.1 Å². The number of amides is 1. The van der Waals surface area contributed by atoms with Crippen molar-refractivity contribution in [3.63, 3.8) is 0 Å². The van der Waals surface area contributed by atoms with Crippen LogP contribution in [0.3, 0.4) is 0 Å². The number of nitrogens with zero attached hydrogens (tertiary/aromatic N) is 1. The van der Waals surface area contributed by atoms with E-state index in [1.54, 1.807) is 31.2 Å². The molecule has 2 aromatic carbocycles. The van der Waals surface area contributed by atoms with Gasteiger partial charge in [0.25, 0.3) is 5.91 Å². The van der Waals surface area contributed by atoms with Gasteiger partial charge < -0.3 is 14.8 Å². The molecule has 0 radical (unpaired) electrons. The summed E-state index contributed by atoms with van der Waals surface area (Å²) in [6.45, 7) is 5.46. The second-order valence-corrected chi connectivity index (χ2v) is 7.11. The normalized spacial score (nSPS) is 18.7. The SMILES string of the molecule is CC(Oc1ccc(Cl)cc1)C(=O)NCC1CN(Cc2ccccc2)CCO1. The van der Waals surface area contributed by atoms with Crippen molar-refractivity contribution < 1.29 is 14.3 Å². The van der Waals surface area contributed by atoms with Crippen LogP contribution in [0.25, 0.3) is 0 Å². The van der Waals surface area contributed by atoms with Crippen molar-refractivity contribution in [2.75, 3.05) is 26.2 Å². The van der Waals surface area contributed by atoms with Gasteiger partial charge in [-0.15, -0.1) is 0 Å². The van der Waals surface area contributed by atoms with Crippen molar-refractivity contribution >= 4 is 17.5 Å². The van der Waals surface area contributed by atoms with Crippen molar-refractivity contribution in [2.24, 2.45) is 0 Å². The molecule has 2 unspecified atom stereocenters. The summed E-state index contributed by atoms with van der Waals surface area (Å²) in [6, 6.07) is 17.3. The van der Waals surface area contributed by atoms with Crippen LogP contribution in [0.5, 0.6) is 5.75 Å². The van der Waals surface area contributed by atoms with Crippen LogP contribution in [0, 0.1) is 0 Å². The van der Waals surface area contributed by atoms with Crippen LogP contribution in [-0.4, -0.2) is 49.3 Å². The minimum Gasteiger partial charge on any atom is -0.481 e. The first-order valence-electron chi connectivity index (χ1n) is 9.18. The Balaban J connectivity index is 1.43. The molecule has 1 N–H and O–H groups in total. The Morgan fingerprint density at radius 1 is 1.26 bits per heavy atom.